The van der Waals surface area contributed by atoms with Crippen LogP contribution in [0.3, 0.4) is 0 Å². The van der Waals surface area contributed by atoms with E-state index in [2.05, 4.69) is 10.9 Å². The highest BCUT2D eigenvalue weighted by Crippen LogP contribution is 2.28. The second-order valence-corrected chi connectivity index (χ2v) is 5.81. The second kappa shape index (κ2) is 10.2. The van der Waals surface area contributed by atoms with E-state index in [-0.39, 0.29) is 18.7 Å². The lowest BCUT2D eigenvalue weighted by Gasteiger charge is -2.12. The maximum Gasteiger partial charge on any atom is 0.269 e. The molecule has 0 atom stereocenters. The summed E-state index contributed by atoms with van der Waals surface area (Å²) in [7, 11) is 1.49. The van der Waals surface area contributed by atoms with Crippen molar-refractivity contribution in [2.24, 2.45) is 0 Å². The minimum absolute atomic E-state index is 0.0499. The van der Waals surface area contributed by atoms with Crippen molar-refractivity contribution in [3.63, 3.8) is 0 Å². The predicted molar refractivity (Wildman–Crippen MR) is 99.1 cm³/mol. The second-order valence-electron chi connectivity index (χ2n) is 5.81. The Hall–Kier alpha value is -3.09. The Labute approximate surface area is 157 Å². The fourth-order valence-electron chi connectivity index (χ4n) is 2.35. The Balaban J connectivity index is 1.87. The van der Waals surface area contributed by atoms with E-state index in [1.807, 2.05) is 6.92 Å². The third-order valence-corrected chi connectivity index (χ3v) is 3.78. The summed E-state index contributed by atoms with van der Waals surface area (Å²) in [6, 6.07) is 11.0. The van der Waals surface area contributed by atoms with Crippen molar-refractivity contribution >= 4 is 11.8 Å². The van der Waals surface area contributed by atoms with E-state index in [0.717, 1.165) is 6.42 Å². The first-order valence-corrected chi connectivity index (χ1v) is 8.68. The molecule has 0 bridgehead atoms. The molecule has 2 aromatic carbocycles. The molecule has 2 rings (SSSR count). The van der Waals surface area contributed by atoms with Gasteiger partial charge in [0.05, 0.1) is 13.7 Å². The molecule has 0 spiro atoms. The Morgan fingerprint density at radius 2 is 1.85 bits per heavy atom. The zero-order valence-electron chi connectivity index (χ0n) is 15.4. The topological polar surface area (TPSA) is 76.7 Å². The van der Waals surface area contributed by atoms with Crippen LogP contribution in [0.15, 0.2) is 42.5 Å². The van der Waals surface area contributed by atoms with Crippen LogP contribution in [0, 0.1) is 5.82 Å². The molecule has 2 aromatic rings. The third-order valence-electron chi connectivity index (χ3n) is 3.78. The first-order chi connectivity index (χ1) is 13.0. The van der Waals surface area contributed by atoms with E-state index in [0.29, 0.717) is 29.2 Å². The molecule has 0 saturated carbocycles. The zero-order chi connectivity index (χ0) is 19.6. The lowest BCUT2D eigenvalue weighted by atomic mass is 10.1. The molecule has 0 aliphatic heterocycles. The Morgan fingerprint density at radius 1 is 1.07 bits per heavy atom. The lowest BCUT2D eigenvalue weighted by Crippen LogP contribution is -2.41. The molecule has 0 heterocycles. The highest BCUT2D eigenvalue weighted by Gasteiger charge is 2.12. The highest BCUT2D eigenvalue weighted by atomic mass is 19.1. The van der Waals surface area contributed by atoms with Crippen molar-refractivity contribution in [1.82, 2.24) is 10.9 Å². The molecule has 0 aliphatic rings. The number of carbonyl (C=O) groups excluding carboxylic acids is 2. The van der Waals surface area contributed by atoms with Gasteiger partial charge in [-0.25, -0.2) is 4.39 Å². The van der Waals surface area contributed by atoms with E-state index in [1.54, 1.807) is 30.3 Å². The number of nitrogens with one attached hydrogen (secondary N) is 2. The van der Waals surface area contributed by atoms with Crippen molar-refractivity contribution in [2.45, 2.75) is 26.2 Å². The van der Waals surface area contributed by atoms with Crippen molar-refractivity contribution < 1.29 is 23.5 Å². The minimum atomic E-state index is -0.491. The van der Waals surface area contributed by atoms with Gasteiger partial charge in [0.15, 0.2) is 11.5 Å². The number of halogens is 1. The highest BCUT2D eigenvalue weighted by molar-refractivity contribution is 5.96. The van der Waals surface area contributed by atoms with Crippen LogP contribution in [0.25, 0.3) is 0 Å². The summed E-state index contributed by atoms with van der Waals surface area (Å²) in [5.74, 6) is -0.283. The maximum absolute atomic E-state index is 13.5. The number of ether oxygens (including phenoxy) is 2. The van der Waals surface area contributed by atoms with E-state index in [9.17, 15) is 14.0 Å². The van der Waals surface area contributed by atoms with Gasteiger partial charge in [-0.2, -0.15) is 0 Å². The Kier molecular flexibility index (Phi) is 7.61. The summed E-state index contributed by atoms with van der Waals surface area (Å²) in [6.07, 6.45) is 1.14. The van der Waals surface area contributed by atoms with Gasteiger partial charge >= 0.3 is 0 Å². The molecule has 0 radical (unpaired) electrons. The summed E-state index contributed by atoms with van der Waals surface area (Å²) < 4.78 is 24.3. The molecule has 144 valence electrons. The van der Waals surface area contributed by atoms with Crippen LogP contribution in [-0.4, -0.2) is 25.5 Å². The smallest absolute Gasteiger partial charge is 0.269 e. The summed E-state index contributed by atoms with van der Waals surface area (Å²) in [6.45, 7) is 2.53. The number of methoxy groups -OCH3 is 1. The molecular formula is C20H23FN2O4. The van der Waals surface area contributed by atoms with Crippen LogP contribution < -0.4 is 20.3 Å². The van der Waals surface area contributed by atoms with E-state index in [4.69, 9.17) is 9.47 Å². The number of hydrogen-bond acceptors (Lipinski definition) is 4. The molecule has 2 N–H and O–H groups in total. The van der Waals surface area contributed by atoms with Crippen LogP contribution in [-0.2, 0) is 11.2 Å². The molecule has 7 heteroatoms. The summed E-state index contributed by atoms with van der Waals surface area (Å²) in [5.41, 5.74) is 5.42. The average molecular weight is 374 g/mol. The fraction of sp³-hybridized carbons (Fsp3) is 0.300. The number of hydrazine groups is 1. The number of benzene rings is 2. The molecule has 0 fully saturated rings. The van der Waals surface area contributed by atoms with Gasteiger partial charge in [0.2, 0.25) is 5.91 Å². The minimum Gasteiger partial charge on any atom is -0.493 e. The van der Waals surface area contributed by atoms with Crippen molar-refractivity contribution in [1.29, 1.82) is 0 Å². The zero-order valence-corrected chi connectivity index (χ0v) is 15.4. The van der Waals surface area contributed by atoms with E-state index in [1.165, 1.54) is 19.2 Å². The molecule has 0 unspecified atom stereocenters. The van der Waals surface area contributed by atoms with Gasteiger partial charge in [0.25, 0.3) is 5.91 Å². The number of hydrogen-bond donors (Lipinski definition) is 2. The van der Waals surface area contributed by atoms with Gasteiger partial charge in [-0.15, -0.1) is 0 Å². The number of rotatable bonds is 8. The number of carbonyl (C=O) groups is 2. The summed E-state index contributed by atoms with van der Waals surface area (Å²) in [4.78, 5) is 24.1. The van der Waals surface area contributed by atoms with Crippen molar-refractivity contribution in [2.75, 3.05) is 13.7 Å². The number of aryl methyl sites for hydroxylation is 1. The summed E-state index contributed by atoms with van der Waals surface area (Å²) in [5, 5.41) is 0. The van der Waals surface area contributed by atoms with Gasteiger partial charge in [-0.1, -0.05) is 25.1 Å². The van der Waals surface area contributed by atoms with Gasteiger partial charge in [-0.05, 0) is 42.7 Å². The van der Waals surface area contributed by atoms with Crippen LogP contribution in [0.4, 0.5) is 4.39 Å². The van der Waals surface area contributed by atoms with Crippen LogP contribution >= 0.6 is 0 Å². The van der Waals surface area contributed by atoms with Crippen LogP contribution in [0.2, 0.25) is 0 Å². The standard InChI is InChI=1S/C20H23FN2O4/c1-3-12-27-17-10-8-15(13-18(17)26-2)20(25)23-22-19(24)11-9-14-6-4-5-7-16(14)21/h4-8,10,13H,3,9,11-12H2,1-2H3,(H,22,24)(H,23,25). The molecule has 27 heavy (non-hydrogen) atoms. The quantitative estimate of drug-likeness (QED) is 0.697. The molecule has 0 aromatic heterocycles. The van der Waals surface area contributed by atoms with Crippen molar-refractivity contribution in [3.05, 3.63) is 59.4 Å². The molecular weight excluding hydrogens is 351 g/mol. The number of amides is 2. The molecule has 6 nitrogen and oxygen atoms in total. The third kappa shape index (κ3) is 5.99. The maximum atomic E-state index is 13.5. The van der Waals surface area contributed by atoms with Gasteiger partial charge in [0.1, 0.15) is 5.82 Å². The van der Waals surface area contributed by atoms with Gasteiger partial charge in [-0.3, -0.25) is 20.4 Å². The SMILES string of the molecule is CCCOc1ccc(C(=O)NNC(=O)CCc2ccccc2F)cc1OC. The van der Waals surface area contributed by atoms with Crippen LogP contribution in [0.1, 0.15) is 35.7 Å². The predicted octanol–water partition coefficient (Wildman–Crippen LogP) is 3.02. The van der Waals surface area contributed by atoms with Gasteiger partial charge < -0.3 is 9.47 Å². The average Bonchev–Trinajstić information content (AvgIpc) is 2.69. The van der Waals surface area contributed by atoms with Crippen LogP contribution in [0.5, 0.6) is 11.5 Å². The summed E-state index contributed by atoms with van der Waals surface area (Å²) >= 11 is 0. The Bertz CT molecular complexity index is 795. The first kappa shape index (κ1) is 20.2. The molecule has 2 amide bonds. The molecule has 0 aliphatic carbocycles. The molecule has 0 saturated heterocycles. The largest absolute Gasteiger partial charge is 0.493 e. The fourth-order valence-corrected chi connectivity index (χ4v) is 2.35. The normalized spacial score (nSPS) is 10.2. The monoisotopic (exact) mass is 374 g/mol. The lowest BCUT2D eigenvalue weighted by molar-refractivity contribution is -0.121. The van der Waals surface area contributed by atoms with Crippen molar-refractivity contribution in [3.8, 4) is 11.5 Å². The van der Waals surface area contributed by atoms with E-state index >= 15 is 0 Å². The first-order valence-electron chi connectivity index (χ1n) is 8.68. The van der Waals surface area contributed by atoms with Gasteiger partial charge in [0, 0.05) is 12.0 Å². The van der Waals surface area contributed by atoms with E-state index < -0.39 is 11.8 Å². The Morgan fingerprint density at radius 3 is 2.56 bits per heavy atom.